The number of primary amides is 1. The third-order valence-corrected chi connectivity index (χ3v) is 4.39. The van der Waals surface area contributed by atoms with Crippen LogP contribution in [0.1, 0.15) is 35.9 Å². The minimum absolute atomic E-state index is 0.0601. The van der Waals surface area contributed by atoms with Gasteiger partial charge in [-0.05, 0) is 23.6 Å². The quantitative estimate of drug-likeness (QED) is 0.938. The van der Waals surface area contributed by atoms with Crippen LogP contribution in [0.5, 0.6) is 0 Å². The number of amides is 1. The number of carbonyl (C=O) groups excluding carboxylic acids is 1. The van der Waals surface area contributed by atoms with E-state index in [1.54, 1.807) is 18.3 Å². The number of morpholine rings is 1. The van der Waals surface area contributed by atoms with E-state index in [1.807, 2.05) is 18.2 Å². The molecule has 1 aliphatic rings. The molecule has 5 heteroatoms. The Morgan fingerprint density at radius 3 is 2.62 bits per heavy atom. The number of rotatable bonds is 4. The molecule has 1 aliphatic heterocycles. The van der Waals surface area contributed by atoms with Gasteiger partial charge in [0, 0.05) is 19.3 Å². The molecule has 1 aromatic heterocycles. The zero-order valence-corrected chi connectivity index (χ0v) is 14.1. The maximum absolute atomic E-state index is 11.8. The summed E-state index contributed by atoms with van der Waals surface area (Å²) < 4.78 is 6.30. The van der Waals surface area contributed by atoms with Gasteiger partial charge < -0.3 is 15.4 Å². The van der Waals surface area contributed by atoms with Crippen LogP contribution >= 0.6 is 0 Å². The van der Waals surface area contributed by atoms with Gasteiger partial charge in [0.25, 0.3) is 5.91 Å². The molecule has 0 bridgehead atoms. The van der Waals surface area contributed by atoms with Crippen LogP contribution in [-0.4, -0.2) is 30.1 Å². The van der Waals surface area contributed by atoms with E-state index in [1.165, 1.54) is 0 Å². The van der Waals surface area contributed by atoms with Crippen molar-refractivity contribution >= 4 is 11.7 Å². The van der Waals surface area contributed by atoms with Crippen molar-refractivity contribution < 1.29 is 9.53 Å². The van der Waals surface area contributed by atoms with E-state index in [0.29, 0.717) is 30.4 Å². The Morgan fingerprint density at radius 2 is 1.96 bits per heavy atom. The number of hydrogen-bond acceptors (Lipinski definition) is 4. The van der Waals surface area contributed by atoms with Crippen LogP contribution in [0.2, 0.25) is 0 Å². The maximum atomic E-state index is 11.8. The zero-order valence-electron chi connectivity index (χ0n) is 14.1. The number of hydrogen-bond donors (Lipinski definition) is 1. The molecule has 1 saturated heterocycles. The molecule has 0 radical (unpaired) electrons. The largest absolute Gasteiger partial charge is 0.366 e. The van der Waals surface area contributed by atoms with E-state index in [2.05, 4.69) is 35.9 Å². The minimum atomic E-state index is -0.457. The minimum Gasteiger partial charge on any atom is -0.366 e. The fraction of sp³-hybridized carbons (Fsp3) is 0.368. The second kappa shape index (κ2) is 7.01. The summed E-state index contributed by atoms with van der Waals surface area (Å²) >= 11 is 0. The average Bonchev–Trinajstić information content (AvgIpc) is 2.62. The summed E-state index contributed by atoms with van der Waals surface area (Å²) in [5, 5.41) is 0. The number of pyridine rings is 1. The van der Waals surface area contributed by atoms with Crippen LogP contribution in [-0.2, 0) is 4.74 Å². The molecular formula is C19H23N3O2. The first kappa shape index (κ1) is 16.5. The highest BCUT2D eigenvalue weighted by Crippen LogP contribution is 2.31. The summed E-state index contributed by atoms with van der Waals surface area (Å²) in [5.74, 6) is 0.543. The van der Waals surface area contributed by atoms with E-state index in [-0.39, 0.29) is 12.2 Å². The van der Waals surface area contributed by atoms with Crippen LogP contribution in [0.3, 0.4) is 0 Å². The molecule has 2 heterocycles. The number of benzene rings is 1. The summed E-state index contributed by atoms with van der Waals surface area (Å²) in [6.07, 6.45) is 1.70. The van der Waals surface area contributed by atoms with E-state index in [0.717, 1.165) is 5.56 Å². The number of nitrogens with two attached hydrogens (primary N) is 1. The van der Waals surface area contributed by atoms with Crippen LogP contribution in [0, 0.1) is 5.92 Å². The van der Waals surface area contributed by atoms with Crippen molar-refractivity contribution in [2.75, 3.05) is 18.0 Å². The van der Waals surface area contributed by atoms with E-state index < -0.39 is 5.91 Å². The van der Waals surface area contributed by atoms with E-state index >= 15 is 0 Å². The average molecular weight is 325 g/mol. The first-order valence-electron chi connectivity index (χ1n) is 8.26. The number of nitrogens with zero attached hydrogens (tertiary/aromatic N) is 2. The van der Waals surface area contributed by atoms with Crippen molar-refractivity contribution in [3.8, 4) is 0 Å². The van der Waals surface area contributed by atoms with Crippen molar-refractivity contribution in [3.63, 3.8) is 0 Å². The molecule has 1 aromatic carbocycles. The number of carbonyl (C=O) groups is 1. The number of aromatic nitrogens is 1. The molecule has 1 fully saturated rings. The first-order chi connectivity index (χ1) is 11.6. The van der Waals surface area contributed by atoms with Crippen molar-refractivity contribution in [2.24, 2.45) is 11.7 Å². The molecule has 2 N–H and O–H groups in total. The third-order valence-electron chi connectivity index (χ3n) is 4.39. The summed E-state index contributed by atoms with van der Waals surface area (Å²) in [5.41, 5.74) is 7.11. The maximum Gasteiger partial charge on any atom is 0.252 e. The Bertz CT molecular complexity index is 703. The Morgan fingerprint density at radius 1 is 1.21 bits per heavy atom. The highest BCUT2D eigenvalue weighted by Gasteiger charge is 2.32. The fourth-order valence-electron chi connectivity index (χ4n) is 3.02. The SMILES string of the molecule is CC(C)[C@H]1CN(c2ncccc2C(N)=O)C[C@@H](c2ccccc2)O1. The molecule has 0 unspecified atom stereocenters. The summed E-state index contributed by atoms with van der Waals surface area (Å²) in [4.78, 5) is 18.3. The van der Waals surface area contributed by atoms with Gasteiger partial charge in [0.2, 0.25) is 0 Å². The molecule has 1 amide bonds. The predicted molar refractivity (Wildman–Crippen MR) is 93.9 cm³/mol. The molecule has 24 heavy (non-hydrogen) atoms. The fourth-order valence-corrected chi connectivity index (χ4v) is 3.02. The molecule has 2 aromatic rings. The van der Waals surface area contributed by atoms with E-state index in [9.17, 15) is 4.79 Å². The van der Waals surface area contributed by atoms with Gasteiger partial charge >= 0.3 is 0 Å². The topological polar surface area (TPSA) is 68.5 Å². The molecule has 2 atom stereocenters. The lowest BCUT2D eigenvalue weighted by Crippen LogP contribution is -2.47. The van der Waals surface area contributed by atoms with Crippen molar-refractivity contribution in [1.82, 2.24) is 4.98 Å². The lowest BCUT2D eigenvalue weighted by Gasteiger charge is -2.41. The molecule has 0 saturated carbocycles. The van der Waals surface area contributed by atoms with Gasteiger partial charge in [-0.1, -0.05) is 44.2 Å². The van der Waals surface area contributed by atoms with Crippen LogP contribution in [0.4, 0.5) is 5.82 Å². The molecule has 126 valence electrons. The summed E-state index contributed by atoms with van der Waals surface area (Å²) in [7, 11) is 0. The van der Waals surface area contributed by atoms with Crippen molar-refractivity contribution in [2.45, 2.75) is 26.1 Å². The summed E-state index contributed by atoms with van der Waals surface area (Å²) in [6, 6.07) is 13.6. The Kier molecular flexibility index (Phi) is 4.81. The predicted octanol–water partition coefficient (Wildman–Crippen LogP) is 2.78. The number of ether oxygens (including phenoxy) is 1. The van der Waals surface area contributed by atoms with Gasteiger partial charge in [-0.3, -0.25) is 4.79 Å². The van der Waals surface area contributed by atoms with Gasteiger partial charge in [0.15, 0.2) is 0 Å². The number of anilines is 1. The lowest BCUT2D eigenvalue weighted by molar-refractivity contribution is -0.0501. The van der Waals surface area contributed by atoms with Gasteiger partial charge in [-0.2, -0.15) is 0 Å². The van der Waals surface area contributed by atoms with Gasteiger partial charge in [-0.15, -0.1) is 0 Å². The third kappa shape index (κ3) is 3.41. The molecule has 0 aliphatic carbocycles. The lowest BCUT2D eigenvalue weighted by atomic mass is 10.0. The van der Waals surface area contributed by atoms with E-state index in [4.69, 9.17) is 10.5 Å². The molecular weight excluding hydrogens is 302 g/mol. The monoisotopic (exact) mass is 325 g/mol. The van der Waals surface area contributed by atoms with Crippen molar-refractivity contribution in [3.05, 3.63) is 59.8 Å². The zero-order chi connectivity index (χ0) is 17.1. The highest BCUT2D eigenvalue weighted by atomic mass is 16.5. The standard InChI is InChI=1S/C19H23N3O2/c1-13(2)16-11-22(19-15(18(20)23)9-6-10-21-19)12-17(24-16)14-7-4-3-5-8-14/h3-10,13,16-17H,11-12H2,1-2H3,(H2,20,23)/t16-,17+/m1/s1. The molecule has 0 spiro atoms. The highest BCUT2D eigenvalue weighted by molar-refractivity contribution is 5.97. The van der Waals surface area contributed by atoms with Gasteiger partial charge in [0.05, 0.1) is 11.7 Å². The molecule has 3 rings (SSSR count). The van der Waals surface area contributed by atoms with Gasteiger partial charge in [-0.25, -0.2) is 4.98 Å². The van der Waals surface area contributed by atoms with Gasteiger partial charge in [0.1, 0.15) is 11.9 Å². The van der Waals surface area contributed by atoms with Crippen LogP contribution in [0.25, 0.3) is 0 Å². The Hall–Kier alpha value is -2.40. The Labute approximate surface area is 142 Å². The second-order valence-electron chi connectivity index (χ2n) is 6.46. The first-order valence-corrected chi connectivity index (χ1v) is 8.26. The van der Waals surface area contributed by atoms with Crippen molar-refractivity contribution in [1.29, 1.82) is 0 Å². The van der Waals surface area contributed by atoms with Crippen LogP contribution in [0.15, 0.2) is 48.7 Å². The Balaban J connectivity index is 1.94. The molecule has 5 nitrogen and oxygen atoms in total. The smallest absolute Gasteiger partial charge is 0.252 e. The second-order valence-corrected chi connectivity index (χ2v) is 6.46. The normalized spacial score (nSPS) is 21.0. The van der Waals surface area contributed by atoms with Crippen LogP contribution < -0.4 is 10.6 Å². The summed E-state index contributed by atoms with van der Waals surface area (Å²) in [6.45, 7) is 5.62.